The minimum absolute atomic E-state index is 0. The van der Waals surface area contributed by atoms with Crippen LogP contribution in [-0.2, 0) is 11.3 Å². The number of aromatic amines is 1. The number of carbonyl (C=O) groups excluding carboxylic acids is 1. The lowest BCUT2D eigenvalue weighted by molar-refractivity contribution is 0.0519. The molecule has 7 heteroatoms. The van der Waals surface area contributed by atoms with E-state index in [0.29, 0.717) is 12.3 Å². The summed E-state index contributed by atoms with van der Waals surface area (Å²) in [6.07, 6.45) is 1.43. The molecule has 0 amide bonds. The summed E-state index contributed by atoms with van der Waals surface area (Å²) in [5.74, 6) is -0.431. The third kappa shape index (κ3) is 3.53. The second-order valence-electron chi connectivity index (χ2n) is 2.15. The van der Waals surface area contributed by atoms with Gasteiger partial charge in [0.1, 0.15) is 0 Å². The van der Waals surface area contributed by atoms with E-state index in [1.807, 2.05) is 0 Å². The standard InChI is InChI=1S/C7H11N3O2.2ClH/c1-2-12-7(11)6-5(3-8)9-4-10-6;;/h4H,2-3,8H2,1H3,(H,9,10);2*1H. The first-order valence-electron chi connectivity index (χ1n) is 3.69. The Morgan fingerprint density at radius 2 is 2.29 bits per heavy atom. The second-order valence-corrected chi connectivity index (χ2v) is 2.15. The summed E-state index contributed by atoms with van der Waals surface area (Å²) < 4.78 is 4.75. The number of hydrogen-bond donors (Lipinski definition) is 2. The van der Waals surface area contributed by atoms with Gasteiger partial charge in [-0.1, -0.05) is 0 Å². The van der Waals surface area contributed by atoms with E-state index >= 15 is 0 Å². The summed E-state index contributed by atoms with van der Waals surface area (Å²) in [4.78, 5) is 17.7. The van der Waals surface area contributed by atoms with Crippen LogP contribution in [0.4, 0.5) is 0 Å². The predicted molar refractivity (Wildman–Crippen MR) is 56.9 cm³/mol. The third-order valence-electron chi connectivity index (χ3n) is 1.39. The first-order valence-corrected chi connectivity index (χ1v) is 3.69. The molecular formula is C7H13Cl2N3O2. The average Bonchev–Trinajstić information content (AvgIpc) is 2.51. The van der Waals surface area contributed by atoms with E-state index < -0.39 is 5.97 Å². The van der Waals surface area contributed by atoms with Crippen LogP contribution in [0.1, 0.15) is 23.1 Å². The Balaban J connectivity index is 0. The van der Waals surface area contributed by atoms with Gasteiger partial charge in [0.15, 0.2) is 5.69 Å². The smallest absolute Gasteiger partial charge is 0.358 e. The zero-order valence-corrected chi connectivity index (χ0v) is 9.28. The fourth-order valence-electron chi connectivity index (χ4n) is 0.852. The van der Waals surface area contributed by atoms with Crippen LogP contribution >= 0.6 is 24.8 Å². The molecule has 0 saturated carbocycles. The maximum atomic E-state index is 11.1. The van der Waals surface area contributed by atoms with E-state index in [1.54, 1.807) is 6.92 Å². The van der Waals surface area contributed by atoms with Gasteiger partial charge in [0, 0.05) is 6.54 Å². The molecule has 1 aromatic heterocycles. The van der Waals surface area contributed by atoms with Crippen molar-refractivity contribution in [1.82, 2.24) is 9.97 Å². The SMILES string of the molecule is CCOC(=O)c1nc[nH]c1CN.Cl.Cl. The molecule has 0 aromatic carbocycles. The summed E-state index contributed by atoms with van der Waals surface area (Å²) in [6.45, 7) is 2.34. The molecule has 0 fully saturated rings. The largest absolute Gasteiger partial charge is 0.461 e. The van der Waals surface area contributed by atoms with Crippen LogP contribution in [0.5, 0.6) is 0 Å². The van der Waals surface area contributed by atoms with Crippen molar-refractivity contribution in [2.45, 2.75) is 13.5 Å². The van der Waals surface area contributed by atoms with Gasteiger partial charge in [-0.05, 0) is 6.92 Å². The normalized spacial score (nSPS) is 8.43. The second kappa shape index (κ2) is 7.61. The van der Waals surface area contributed by atoms with Crippen LogP contribution < -0.4 is 5.73 Å². The van der Waals surface area contributed by atoms with Crippen molar-refractivity contribution in [3.05, 3.63) is 17.7 Å². The van der Waals surface area contributed by atoms with E-state index in [2.05, 4.69) is 9.97 Å². The van der Waals surface area contributed by atoms with Crippen LogP contribution in [0.25, 0.3) is 0 Å². The number of hydrogen-bond acceptors (Lipinski definition) is 4. The van der Waals surface area contributed by atoms with Crippen molar-refractivity contribution in [3.63, 3.8) is 0 Å². The Labute approximate surface area is 94.2 Å². The molecule has 0 aliphatic heterocycles. The molecule has 0 radical (unpaired) electrons. The van der Waals surface area contributed by atoms with Crippen LogP contribution in [0.2, 0.25) is 0 Å². The molecule has 1 aromatic rings. The Bertz CT molecular complexity index is 278. The summed E-state index contributed by atoms with van der Waals surface area (Å²) in [5, 5.41) is 0. The molecule has 5 nitrogen and oxygen atoms in total. The Morgan fingerprint density at radius 1 is 1.64 bits per heavy atom. The number of aromatic nitrogens is 2. The summed E-state index contributed by atoms with van der Waals surface area (Å²) in [5.41, 5.74) is 6.23. The van der Waals surface area contributed by atoms with Gasteiger partial charge in [-0.2, -0.15) is 0 Å². The van der Waals surface area contributed by atoms with Gasteiger partial charge < -0.3 is 15.5 Å². The topological polar surface area (TPSA) is 81.0 Å². The van der Waals surface area contributed by atoms with Gasteiger partial charge in [-0.15, -0.1) is 24.8 Å². The molecule has 3 N–H and O–H groups in total. The number of ether oxygens (including phenoxy) is 1. The number of carbonyl (C=O) groups is 1. The number of nitrogens with zero attached hydrogens (tertiary/aromatic N) is 1. The first kappa shape index (κ1) is 15.7. The molecule has 0 aliphatic carbocycles. The monoisotopic (exact) mass is 241 g/mol. The van der Waals surface area contributed by atoms with Crippen LogP contribution in [0.3, 0.4) is 0 Å². The fourth-order valence-corrected chi connectivity index (χ4v) is 0.852. The average molecular weight is 242 g/mol. The lowest BCUT2D eigenvalue weighted by Gasteiger charge is -1.99. The molecule has 14 heavy (non-hydrogen) atoms. The quantitative estimate of drug-likeness (QED) is 0.771. The third-order valence-corrected chi connectivity index (χ3v) is 1.39. The van der Waals surface area contributed by atoms with Crippen molar-refractivity contribution >= 4 is 30.8 Å². The first-order chi connectivity index (χ1) is 5.79. The molecule has 0 atom stereocenters. The van der Waals surface area contributed by atoms with Crippen LogP contribution in [0, 0.1) is 0 Å². The highest BCUT2D eigenvalue weighted by molar-refractivity contribution is 5.88. The van der Waals surface area contributed by atoms with Crippen LogP contribution in [-0.4, -0.2) is 22.5 Å². The molecule has 1 rings (SSSR count). The van der Waals surface area contributed by atoms with Gasteiger partial charge >= 0.3 is 5.97 Å². The van der Waals surface area contributed by atoms with Gasteiger partial charge in [0.2, 0.25) is 0 Å². The summed E-state index contributed by atoms with van der Waals surface area (Å²) in [7, 11) is 0. The minimum Gasteiger partial charge on any atom is -0.461 e. The number of esters is 1. The van der Waals surface area contributed by atoms with Gasteiger partial charge in [0.25, 0.3) is 0 Å². The number of imidazole rings is 1. The zero-order chi connectivity index (χ0) is 8.97. The molecule has 1 heterocycles. The number of nitrogens with one attached hydrogen (secondary N) is 1. The van der Waals surface area contributed by atoms with E-state index in [9.17, 15) is 4.79 Å². The summed E-state index contributed by atoms with van der Waals surface area (Å²) in [6, 6.07) is 0. The molecule has 0 aliphatic rings. The number of rotatable bonds is 3. The highest BCUT2D eigenvalue weighted by Gasteiger charge is 2.13. The molecule has 0 unspecified atom stereocenters. The fraction of sp³-hybridized carbons (Fsp3) is 0.429. The Hall–Kier alpha value is -0.780. The van der Waals surface area contributed by atoms with E-state index in [0.717, 1.165) is 0 Å². The van der Waals surface area contributed by atoms with Gasteiger partial charge in [0.05, 0.1) is 18.6 Å². The number of nitrogens with two attached hydrogens (primary N) is 1. The van der Waals surface area contributed by atoms with E-state index in [1.165, 1.54) is 6.33 Å². The van der Waals surface area contributed by atoms with Crippen LogP contribution in [0.15, 0.2) is 6.33 Å². The Morgan fingerprint density at radius 3 is 2.79 bits per heavy atom. The predicted octanol–water partition coefficient (Wildman–Crippen LogP) is 0.889. The minimum atomic E-state index is -0.431. The maximum Gasteiger partial charge on any atom is 0.358 e. The molecular weight excluding hydrogens is 229 g/mol. The number of halogens is 2. The molecule has 82 valence electrons. The number of H-pyrrole nitrogens is 1. The van der Waals surface area contributed by atoms with Crippen molar-refractivity contribution in [2.75, 3.05) is 6.61 Å². The maximum absolute atomic E-state index is 11.1. The van der Waals surface area contributed by atoms with Crippen molar-refractivity contribution in [3.8, 4) is 0 Å². The van der Waals surface area contributed by atoms with E-state index in [4.69, 9.17) is 10.5 Å². The Kier molecular flexibility index (Phi) is 8.52. The molecule has 0 saturated heterocycles. The lowest BCUT2D eigenvalue weighted by atomic mass is 10.3. The summed E-state index contributed by atoms with van der Waals surface area (Å²) >= 11 is 0. The van der Waals surface area contributed by atoms with Gasteiger partial charge in [-0.3, -0.25) is 0 Å². The van der Waals surface area contributed by atoms with Gasteiger partial charge in [-0.25, -0.2) is 9.78 Å². The molecule has 0 bridgehead atoms. The van der Waals surface area contributed by atoms with E-state index in [-0.39, 0.29) is 37.1 Å². The van der Waals surface area contributed by atoms with Crippen molar-refractivity contribution in [2.24, 2.45) is 5.73 Å². The highest BCUT2D eigenvalue weighted by Crippen LogP contribution is 2.03. The zero-order valence-electron chi connectivity index (χ0n) is 7.65. The van der Waals surface area contributed by atoms with Crippen molar-refractivity contribution < 1.29 is 9.53 Å². The highest BCUT2D eigenvalue weighted by atomic mass is 35.5. The van der Waals surface area contributed by atoms with Crippen molar-refractivity contribution in [1.29, 1.82) is 0 Å². The lowest BCUT2D eigenvalue weighted by Crippen LogP contribution is -2.10. The molecule has 0 spiro atoms.